The minimum atomic E-state index is -4.42. The van der Waals surface area contributed by atoms with Gasteiger partial charge < -0.3 is 5.32 Å². The first-order valence-electron chi connectivity index (χ1n) is 5.95. The zero-order valence-corrected chi connectivity index (χ0v) is 10.6. The second-order valence-corrected chi connectivity index (χ2v) is 3.77. The van der Waals surface area contributed by atoms with Gasteiger partial charge in [-0.05, 0) is 30.7 Å². The molecule has 0 radical (unpaired) electrons. The quantitative estimate of drug-likeness (QED) is 0.669. The van der Waals surface area contributed by atoms with E-state index in [4.69, 9.17) is 0 Å². The number of alkyl halides is 3. The lowest BCUT2D eigenvalue weighted by atomic mass is 10.2. The molecule has 0 amide bonds. The maximum atomic E-state index is 12.6. The van der Waals surface area contributed by atoms with Crippen molar-refractivity contribution in [2.24, 2.45) is 0 Å². The first kappa shape index (κ1) is 15.1. The van der Waals surface area contributed by atoms with Crippen molar-refractivity contribution in [2.75, 3.05) is 6.54 Å². The van der Waals surface area contributed by atoms with Crippen LogP contribution in [0.3, 0.4) is 0 Å². The van der Waals surface area contributed by atoms with Crippen LogP contribution in [-0.4, -0.2) is 11.5 Å². The standard InChI is InChI=1S/C14H15F3N2/c1-2-3-4-9-18-10-6-8-13-12(14(15,16)17)7-5-11-19-13/h4-5,7,9,11,18H,2-3,10H2,1H3. The summed E-state index contributed by atoms with van der Waals surface area (Å²) in [6.45, 7) is 2.35. The Morgan fingerprint density at radius 2 is 2.21 bits per heavy atom. The second kappa shape index (κ2) is 7.47. The molecule has 19 heavy (non-hydrogen) atoms. The van der Waals surface area contributed by atoms with Crippen molar-refractivity contribution in [3.8, 4) is 11.8 Å². The van der Waals surface area contributed by atoms with Crippen LogP contribution in [0.2, 0.25) is 0 Å². The maximum absolute atomic E-state index is 12.6. The van der Waals surface area contributed by atoms with Crippen LogP contribution in [0.15, 0.2) is 30.6 Å². The summed E-state index contributed by atoms with van der Waals surface area (Å²) in [5.74, 6) is 5.05. The summed E-state index contributed by atoms with van der Waals surface area (Å²) in [5.41, 5.74) is -1.04. The van der Waals surface area contributed by atoms with Gasteiger partial charge in [0.05, 0.1) is 12.1 Å². The summed E-state index contributed by atoms with van der Waals surface area (Å²) in [5, 5.41) is 2.89. The normalized spacial score (nSPS) is 11.2. The average molecular weight is 268 g/mol. The summed E-state index contributed by atoms with van der Waals surface area (Å²) in [6.07, 6.45) is 2.58. The van der Waals surface area contributed by atoms with Crippen molar-refractivity contribution in [2.45, 2.75) is 25.9 Å². The molecule has 0 bridgehead atoms. The van der Waals surface area contributed by atoms with E-state index in [1.807, 2.05) is 6.08 Å². The molecule has 2 nitrogen and oxygen atoms in total. The number of hydrogen-bond donors (Lipinski definition) is 1. The topological polar surface area (TPSA) is 24.9 Å². The minimum absolute atomic E-state index is 0.241. The number of allylic oxidation sites excluding steroid dienone is 1. The van der Waals surface area contributed by atoms with E-state index >= 15 is 0 Å². The molecule has 0 unspecified atom stereocenters. The molecule has 0 aliphatic carbocycles. The molecule has 0 saturated heterocycles. The number of rotatable bonds is 4. The number of nitrogens with zero attached hydrogens (tertiary/aromatic N) is 1. The fraction of sp³-hybridized carbons (Fsp3) is 0.357. The van der Waals surface area contributed by atoms with Crippen LogP contribution in [0.5, 0.6) is 0 Å². The zero-order valence-electron chi connectivity index (χ0n) is 10.6. The van der Waals surface area contributed by atoms with Gasteiger partial charge in [0, 0.05) is 6.20 Å². The van der Waals surface area contributed by atoms with E-state index in [9.17, 15) is 13.2 Å². The Labute approximate surface area is 110 Å². The molecule has 1 aromatic heterocycles. The van der Waals surface area contributed by atoms with Gasteiger partial charge in [0.1, 0.15) is 5.69 Å². The van der Waals surface area contributed by atoms with Gasteiger partial charge in [0.2, 0.25) is 0 Å². The largest absolute Gasteiger partial charge is 0.419 e. The third kappa shape index (κ3) is 5.47. The zero-order chi connectivity index (χ0) is 14.1. The third-order valence-electron chi connectivity index (χ3n) is 2.20. The highest BCUT2D eigenvalue weighted by atomic mass is 19.4. The molecule has 1 aromatic rings. The van der Waals surface area contributed by atoms with Crippen molar-refractivity contribution >= 4 is 0 Å². The van der Waals surface area contributed by atoms with E-state index in [-0.39, 0.29) is 12.2 Å². The van der Waals surface area contributed by atoms with Gasteiger partial charge in [0.25, 0.3) is 0 Å². The molecule has 0 atom stereocenters. The molecule has 0 spiro atoms. The minimum Gasteiger partial charge on any atom is -0.380 e. The Hall–Kier alpha value is -1.96. The van der Waals surface area contributed by atoms with Crippen LogP contribution in [0.4, 0.5) is 13.2 Å². The van der Waals surface area contributed by atoms with Gasteiger partial charge in [0.15, 0.2) is 0 Å². The van der Waals surface area contributed by atoms with E-state index in [1.54, 1.807) is 6.20 Å². The van der Waals surface area contributed by atoms with E-state index in [1.165, 1.54) is 12.3 Å². The van der Waals surface area contributed by atoms with Crippen LogP contribution in [-0.2, 0) is 6.18 Å². The fourth-order valence-corrected chi connectivity index (χ4v) is 1.30. The summed E-state index contributed by atoms with van der Waals surface area (Å²) in [4.78, 5) is 3.65. The molecule has 0 aliphatic rings. The molecule has 0 fully saturated rings. The lowest BCUT2D eigenvalue weighted by Crippen LogP contribution is -2.09. The Morgan fingerprint density at radius 1 is 1.42 bits per heavy atom. The van der Waals surface area contributed by atoms with E-state index in [0.29, 0.717) is 0 Å². The molecule has 5 heteroatoms. The Bertz CT molecular complexity index is 481. The van der Waals surface area contributed by atoms with Gasteiger partial charge >= 0.3 is 6.18 Å². The molecule has 102 valence electrons. The molecular formula is C14H15F3N2. The van der Waals surface area contributed by atoms with Crippen LogP contribution in [0.1, 0.15) is 31.0 Å². The second-order valence-electron chi connectivity index (χ2n) is 3.77. The highest BCUT2D eigenvalue weighted by Crippen LogP contribution is 2.30. The number of pyridine rings is 1. The lowest BCUT2D eigenvalue weighted by molar-refractivity contribution is -0.138. The highest BCUT2D eigenvalue weighted by Gasteiger charge is 2.33. The predicted octanol–water partition coefficient (Wildman–Crippen LogP) is 3.36. The molecule has 1 heterocycles. The SMILES string of the molecule is CCCC=CNCC#Cc1ncccc1C(F)(F)F. The maximum Gasteiger partial charge on any atom is 0.419 e. The average Bonchev–Trinajstić information content (AvgIpc) is 2.37. The van der Waals surface area contributed by atoms with Gasteiger partial charge in [-0.2, -0.15) is 13.2 Å². The highest BCUT2D eigenvalue weighted by molar-refractivity contribution is 5.37. The lowest BCUT2D eigenvalue weighted by Gasteiger charge is -2.07. The predicted molar refractivity (Wildman–Crippen MR) is 68.2 cm³/mol. The van der Waals surface area contributed by atoms with Crippen molar-refractivity contribution in [1.29, 1.82) is 0 Å². The molecule has 0 saturated carbocycles. The first-order chi connectivity index (χ1) is 9.05. The van der Waals surface area contributed by atoms with E-state index in [2.05, 4.69) is 29.1 Å². The molecule has 1 N–H and O–H groups in total. The smallest absolute Gasteiger partial charge is 0.380 e. The number of hydrogen-bond acceptors (Lipinski definition) is 2. The van der Waals surface area contributed by atoms with Crippen LogP contribution in [0, 0.1) is 11.8 Å². The van der Waals surface area contributed by atoms with Crippen molar-refractivity contribution < 1.29 is 13.2 Å². The number of aromatic nitrogens is 1. The van der Waals surface area contributed by atoms with Crippen LogP contribution < -0.4 is 5.32 Å². The van der Waals surface area contributed by atoms with Crippen LogP contribution in [0.25, 0.3) is 0 Å². The van der Waals surface area contributed by atoms with Gasteiger partial charge in [-0.15, -0.1) is 0 Å². The fourth-order valence-electron chi connectivity index (χ4n) is 1.30. The van der Waals surface area contributed by atoms with Crippen molar-refractivity contribution in [3.05, 3.63) is 41.9 Å². The molecule has 1 rings (SSSR count). The summed E-state index contributed by atoms with van der Waals surface area (Å²) in [6, 6.07) is 2.23. The van der Waals surface area contributed by atoms with Crippen molar-refractivity contribution in [3.63, 3.8) is 0 Å². The van der Waals surface area contributed by atoms with Gasteiger partial charge in [-0.25, -0.2) is 4.98 Å². The molecular weight excluding hydrogens is 253 g/mol. The van der Waals surface area contributed by atoms with Crippen LogP contribution >= 0.6 is 0 Å². The third-order valence-corrected chi connectivity index (χ3v) is 2.20. The molecule has 0 aromatic carbocycles. The Morgan fingerprint density at radius 3 is 2.89 bits per heavy atom. The first-order valence-corrected chi connectivity index (χ1v) is 5.95. The summed E-state index contributed by atoms with van der Waals surface area (Å²) < 4.78 is 37.9. The monoisotopic (exact) mass is 268 g/mol. The molecule has 0 aliphatic heterocycles. The van der Waals surface area contributed by atoms with E-state index < -0.39 is 11.7 Å². The summed E-state index contributed by atoms with van der Waals surface area (Å²) in [7, 11) is 0. The Balaban J connectivity index is 2.63. The number of halogens is 3. The van der Waals surface area contributed by atoms with E-state index in [0.717, 1.165) is 18.9 Å². The number of nitrogens with one attached hydrogen (secondary N) is 1. The van der Waals surface area contributed by atoms with Crippen molar-refractivity contribution in [1.82, 2.24) is 10.3 Å². The number of unbranched alkanes of at least 4 members (excludes halogenated alkanes) is 1. The van der Waals surface area contributed by atoms with Gasteiger partial charge in [-0.3, -0.25) is 0 Å². The van der Waals surface area contributed by atoms with Gasteiger partial charge in [-0.1, -0.05) is 25.3 Å². The Kier molecular flexibility index (Phi) is 5.94. The summed E-state index contributed by atoms with van der Waals surface area (Å²) >= 11 is 0.